The van der Waals surface area contributed by atoms with E-state index < -0.39 is 0 Å². The fraction of sp³-hybridized carbons (Fsp3) is 0.625. The number of benzene rings is 1. The molecule has 102 valence electrons. The van der Waals surface area contributed by atoms with Gasteiger partial charge in [0.2, 0.25) is 0 Å². The van der Waals surface area contributed by atoms with Gasteiger partial charge in [0, 0.05) is 6.04 Å². The Bertz CT molecular complexity index is 305. The SMILES string of the molecule is CCc1ccc(OCCCCCNC(C)C)cc1. The van der Waals surface area contributed by atoms with E-state index in [1.54, 1.807) is 0 Å². The summed E-state index contributed by atoms with van der Waals surface area (Å²) in [7, 11) is 0. The topological polar surface area (TPSA) is 21.3 Å². The van der Waals surface area contributed by atoms with E-state index in [1.807, 2.05) is 0 Å². The molecule has 0 unspecified atom stereocenters. The van der Waals surface area contributed by atoms with Crippen molar-refractivity contribution in [3.63, 3.8) is 0 Å². The molecular weight excluding hydrogens is 222 g/mol. The Balaban J connectivity index is 2.03. The molecule has 0 bridgehead atoms. The molecule has 1 aromatic rings. The summed E-state index contributed by atoms with van der Waals surface area (Å²) in [6, 6.07) is 9.01. The van der Waals surface area contributed by atoms with Gasteiger partial charge in [0.15, 0.2) is 0 Å². The Labute approximate surface area is 112 Å². The van der Waals surface area contributed by atoms with Gasteiger partial charge in [-0.05, 0) is 49.9 Å². The van der Waals surface area contributed by atoms with Gasteiger partial charge in [-0.1, -0.05) is 32.9 Å². The summed E-state index contributed by atoms with van der Waals surface area (Å²) >= 11 is 0. The quantitative estimate of drug-likeness (QED) is 0.672. The average molecular weight is 249 g/mol. The van der Waals surface area contributed by atoms with Crippen molar-refractivity contribution in [2.45, 2.75) is 52.5 Å². The minimum Gasteiger partial charge on any atom is -0.494 e. The Morgan fingerprint density at radius 2 is 1.78 bits per heavy atom. The second kappa shape index (κ2) is 8.98. The summed E-state index contributed by atoms with van der Waals surface area (Å²) < 4.78 is 5.71. The van der Waals surface area contributed by atoms with Crippen molar-refractivity contribution in [2.75, 3.05) is 13.2 Å². The molecule has 0 radical (unpaired) electrons. The lowest BCUT2D eigenvalue weighted by molar-refractivity contribution is 0.304. The molecule has 0 heterocycles. The third-order valence-corrected chi connectivity index (χ3v) is 2.97. The first-order valence-electron chi connectivity index (χ1n) is 7.17. The van der Waals surface area contributed by atoms with E-state index in [4.69, 9.17) is 4.74 Å². The van der Waals surface area contributed by atoms with E-state index in [-0.39, 0.29) is 0 Å². The number of ether oxygens (including phenoxy) is 1. The molecule has 0 amide bonds. The highest BCUT2D eigenvalue weighted by Crippen LogP contribution is 2.13. The molecule has 0 spiro atoms. The van der Waals surface area contributed by atoms with Gasteiger partial charge in [0.1, 0.15) is 5.75 Å². The number of aryl methyl sites for hydroxylation is 1. The normalized spacial score (nSPS) is 10.9. The van der Waals surface area contributed by atoms with Gasteiger partial charge in [-0.15, -0.1) is 0 Å². The van der Waals surface area contributed by atoms with Gasteiger partial charge < -0.3 is 10.1 Å². The molecule has 0 saturated carbocycles. The summed E-state index contributed by atoms with van der Waals surface area (Å²) in [5.74, 6) is 0.993. The van der Waals surface area contributed by atoms with Crippen molar-refractivity contribution >= 4 is 0 Å². The zero-order valence-electron chi connectivity index (χ0n) is 12.0. The van der Waals surface area contributed by atoms with Gasteiger partial charge in [0.25, 0.3) is 0 Å². The largest absolute Gasteiger partial charge is 0.494 e. The maximum atomic E-state index is 5.71. The van der Waals surface area contributed by atoms with Crippen molar-refractivity contribution in [3.8, 4) is 5.75 Å². The minimum absolute atomic E-state index is 0.596. The number of hydrogen-bond donors (Lipinski definition) is 1. The fourth-order valence-electron chi connectivity index (χ4n) is 1.81. The Kier molecular flexibility index (Phi) is 7.51. The first-order chi connectivity index (χ1) is 8.72. The van der Waals surface area contributed by atoms with Crippen molar-refractivity contribution in [3.05, 3.63) is 29.8 Å². The molecule has 1 rings (SSSR count). The summed E-state index contributed by atoms with van der Waals surface area (Å²) in [6.45, 7) is 8.48. The summed E-state index contributed by atoms with van der Waals surface area (Å²) in [5.41, 5.74) is 1.36. The van der Waals surface area contributed by atoms with E-state index in [9.17, 15) is 0 Å². The van der Waals surface area contributed by atoms with Crippen molar-refractivity contribution in [1.82, 2.24) is 5.32 Å². The molecular formula is C16H27NO. The van der Waals surface area contributed by atoms with Crippen molar-refractivity contribution < 1.29 is 4.74 Å². The van der Waals surface area contributed by atoms with E-state index in [1.165, 1.54) is 18.4 Å². The predicted molar refractivity (Wildman–Crippen MR) is 78.3 cm³/mol. The summed E-state index contributed by atoms with van der Waals surface area (Å²) in [4.78, 5) is 0. The van der Waals surface area contributed by atoms with Gasteiger partial charge in [-0.3, -0.25) is 0 Å². The van der Waals surface area contributed by atoms with Crippen molar-refractivity contribution in [2.24, 2.45) is 0 Å². The van der Waals surface area contributed by atoms with Crippen LogP contribution in [0.3, 0.4) is 0 Å². The number of hydrogen-bond acceptors (Lipinski definition) is 2. The van der Waals surface area contributed by atoms with Gasteiger partial charge in [-0.2, -0.15) is 0 Å². The van der Waals surface area contributed by atoms with Crippen LogP contribution in [0.25, 0.3) is 0 Å². The summed E-state index contributed by atoms with van der Waals surface area (Å²) in [6.07, 6.45) is 4.68. The van der Waals surface area contributed by atoms with Crippen LogP contribution < -0.4 is 10.1 Å². The van der Waals surface area contributed by atoms with Crippen LogP contribution in [0, 0.1) is 0 Å². The Morgan fingerprint density at radius 3 is 2.39 bits per heavy atom. The van der Waals surface area contributed by atoms with Gasteiger partial charge in [-0.25, -0.2) is 0 Å². The second-order valence-corrected chi connectivity index (χ2v) is 5.02. The van der Waals surface area contributed by atoms with Crippen LogP contribution in [-0.2, 0) is 6.42 Å². The van der Waals surface area contributed by atoms with Crippen LogP contribution in [0.15, 0.2) is 24.3 Å². The van der Waals surface area contributed by atoms with Crippen LogP contribution in [0.4, 0.5) is 0 Å². The second-order valence-electron chi connectivity index (χ2n) is 5.02. The molecule has 2 heteroatoms. The molecule has 0 atom stereocenters. The molecule has 0 aromatic heterocycles. The van der Waals surface area contributed by atoms with Crippen LogP contribution in [0.2, 0.25) is 0 Å². The third kappa shape index (κ3) is 6.65. The van der Waals surface area contributed by atoms with Crippen LogP contribution in [-0.4, -0.2) is 19.2 Å². The van der Waals surface area contributed by atoms with E-state index in [2.05, 4.69) is 50.4 Å². The molecule has 18 heavy (non-hydrogen) atoms. The van der Waals surface area contributed by atoms with Crippen LogP contribution in [0.5, 0.6) is 5.75 Å². The molecule has 0 aliphatic carbocycles. The molecule has 1 N–H and O–H groups in total. The molecule has 1 aromatic carbocycles. The maximum Gasteiger partial charge on any atom is 0.119 e. The average Bonchev–Trinajstić information content (AvgIpc) is 2.38. The smallest absolute Gasteiger partial charge is 0.119 e. The van der Waals surface area contributed by atoms with E-state index >= 15 is 0 Å². The Morgan fingerprint density at radius 1 is 1.06 bits per heavy atom. The fourth-order valence-corrected chi connectivity index (χ4v) is 1.81. The minimum atomic E-state index is 0.596. The van der Waals surface area contributed by atoms with Crippen LogP contribution in [0.1, 0.15) is 45.6 Å². The molecule has 2 nitrogen and oxygen atoms in total. The van der Waals surface area contributed by atoms with Crippen molar-refractivity contribution in [1.29, 1.82) is 0 Å². The lowest BCUT2D eigenvalue weighted by Gasteiger charge is -2.08. The zero-order chi connectivity index (χ0) is 13.2. The van der Waals surface area contributed by atoms with E-state index in [0.717, 1.165) is 31.7 Å². The number of rotatable bonds is 9. The maximum absolute atomic E-state index is 5.71. The van der Waals surface area contributed by atoms with Gasteiger partial charge >= 0.3 is 0 Å². The molecule has 0 saturated heterocycles. The predicted octanol–water partition coefficient (Wildman–Crippen LogP) is 3.80. The monoisotopic (exact) mass is 249 g/mol. The zero-order valence-corrected chi connectivity index (χ0v) is 12.0. The first kappa shape index (κ1) is 15.0. The number of unbranched alkanes of at least 4 members (excludes halogenated alkanes) is 2. The Hall–Kier alpha value is -1.02. The first-order valence-corrected chi connectivity index (χ1v) is 7.17. The highest BCUT2D eigenvalue weighted by Gasteiger charge is 1.95. The highest BCUT2D eigenvalue weighted by atomic mass is 16.5. The lowest BCUT2D eigenvalue weighted by atomic mass is 10.2. The van der Waals surface area contributed by atoms with E-state index in [0.29, 0.717) is 6.04 Å². The lowest BCUT2D eigenvalue weighted by Crippen LogP contribution is -2.23. The third-order valence-electron chi connectivity index (χ3n) is 2.97. The standard InChI is InChI=1S/C16H27NO/c1-4-15-8-10-16(11-9-15)18-13-7-5-6-12-17-14(2)3/h8-11,14,17H,4-7,12-13H2,1-3H3. The van der Waals surface area contributed by atoms with Gasteiger partial charge in [0.05, 0.1) is 6.61 Å². The molecule has 0 fully saturated rings. The summed E-state index contributed by atoms with van der Waals surface area (Å²) in [5, 5.41) is 3.43. The molecule has 0 aliphatic rings. The molecule has 0 aliphatic heterocycles. The number of nitrogens with one attached hydrogen (secondary N) is 1. The van der Waals surface area contributed by atoms with Crippen LogP contribution >= 0.6 is 0 Å². The highest BCUT2D eigenvalue weighted by molar-refractivity contribution is 5.27.